The summed E-state index contributed by atoms with van der Waals surface area (Å²) in [6, 6.07) is 6.04. The van der Waals surface area contributed by atoms with E-state index in [4.69, 9.17) is 0 Å². The molecular formula is C23H35N3O2. The molecule has 2 N–H and O–H groups in total. The molecule has 5 heteroatoms. The first-order valence-electron chi connectivity index (χ1n) is 11.0. The summed E-state index contributed by atoms with van der Waals surface area (Å²) in [6.45, 7) is 6.02. The first-order valence-corrected chi connectivity index (χ1v) is 11.0. The third kappa shape index (κ3) is 5.49. The zero-order chi connectivity index (χ0) is 19.9. The summed E-state index contributed by atoms with van der Waals surface area (Å²) in [7, 11) is 0. The van der Waals surface area contributed by atoms with Crippen LogP contribution in [-0.2, 0) is 4.79 Å². The van der Waals surface area contributed by atoms with Crippen molar-refractivity contribution in [2.75, 3.05) is 25.0 Å². The molecule has 2 aliphatic rings. The minimum atomic E-state index is 0.0345. The second-order valence-corrected chi connectivity index (χ2v) is 8.53. The Morgan fingerprint density at radius 3 is 2.54 bits per heavy atom. The maximum Gasteiger partial charge on any atom is 0.254 e. The lowest BCUT2D eigenvalue weighted by molar-refractivity contribution is -0.119. The molecule has 154 valence electrons. The van der Waals surface area contributed by atoms with Crippen LogP contribution < -0.4 is 10.6 Å². The van der Waals surface area contributed by atoms with Crippen molar-refractivity contribution in [3.05, 3.63) is 29.3 Å². The van der Waals surface area contributed by atoms with E-state index in [1.807, 2.05) is 30.0 Å². The van der Waals surface area contributed by atoms with Crippen molar-refractivity contribution >= 4 is 17.5 Å². The number of rotatable bonds is 6. The van der Waals surface area contributed by atoms with Crippen LogP contribution in [0.4, 0.5) is 5.69 Å². The van der Waals surface area contributed by atoms with Crippen molar-refractivity contribution in [1.29, 1.82) is 0 Å². The van der Waals surface area contributed by atoms with E-state index in [2.05, 4.69) is 17.6 Å². The average Bonchev–Trinajstić information content (AvgIpc) is 2.72. The van der Waals surface area contributed by atoms with Gasteiger partial charge in [0.05, 0.1) is 6.54 Å². The van der Waals surface area contributed by atoms with Crippen LogP contribution in [0.15, 0.2) is 18.2 Å². The second-order valence-electron chi connectivity index (χ2n) is 8.53. The number of likely N-dealkylation sites (tertiary alicyclic amines) is 1. The van der Waals surface area contributed by atoms with Gasteiger partial charge in [-0.2, -0.15) is 0 Å². The highest BCUT2D eigenvalue weighted by atomic mass is 16.2. The number of benzene rings is 1. The zero-order valence-electron chi connectivity index (χ0n) is 17.4. The molecule has 0 bridgehead atoms. The molecule has 2 amide bonds. The first-order chi connectivity index (χ1) is 13.5. The zero-order valence-corrected chi connectivity index (χ0v) is 17.4. The average molecular weight is 386 g/mol. The van der Waals surface area contributed by atoms with Crippen molar-refractivity contribution in [2.45, 2.75) is 71.3 Å². The van der Waals surface area contributed by atoms with Gasteiger partial charge in [0.15, 0.2) is 0 Å². The predicted octanol–water partition coefficient (Wildman–Crippen LogP) is 4.12. The topological polar surface area (TPSA) is 61.4 Å². The van der Waals surface area contributed by atoms with Crippen LogP contribution in [0.1, 0.15) is 74.2 Å². The normalized spacial score (nSPS) is 20.6. The van der Waals surface area contributed by atoms with E-state index in [0.717, 1.165) is 42.7 Å². The molecule has 1 saturated carbocycles. The summed E-state index contributed by atoms with van der Waals surface area (Å²) in [6.07, 6.45) is 9.76. The van der Waals surface area contributed by atoms with E-state index in [9.17, 15) is 9.59 Å². The highest BCUT2D eigenvalue weighted by Gasteiger charge is 2.24. The van der Waals surface area contributed by atoms with Crippen LogP contribution in [0.25, 0.3) is 0 Å². The number of carbonyl (C=O) groups is 2. The molecule has 1 aliphatic carbocycles. The minimum Gasteiger partial charge on any atom is -0.376 e. The Morgan fingerprint density at radius 1 is 1.07 bits per heavy atom. The smallest absolute Gasteiger partial charge is 0.254 e. The van der Waals surface area contributed by atoms with Gasteiger partial charge in [0.1, 0.15) is 0 Å². The molecule has 0 aromatic heterocycles. The molecule has 5 nitrogen and oxygen atoms in total. The van der Waals surface area contributed by atoms with E-state index in [1.165, 1.54) is 38.5 Å². The fraction of sp³-hybridized carbons (Fsp3) is 0.652. The van der Waals surface area contributed by atoms with Crippen molar-refractivity contribution in [3.63, 3.8) is 0 Å². The van der Waals surface area contributed by atoms with E-state index >= 15 is 0 Å². The van der Waals surface area contributed by atoms with Gasteiger partial charge in [-0.15, -0.1) is 0 Å². The van der Waals surface area contributed by atoms with Gasteiger partial charge in [0.25, 0.3) is 5.91 Å². The molecule has 1 saturated heterocycles. The Morgan fingerprint density at radius 2 is 1.82 bits per heavy atom. The lowest BCUT2D eigenvalue weighted by Crippen LogP contribution is -2.42. The SMILES string of the molecule is Cc1cc(C(=O)N2CCCCC2C)ccc1NCC(=O)NCC1CCCCC1. The highest BCUT2D eigenvalue weighted by Crippen LogP contribution is 2.23. The molecule has 1 aromatic rings. The predicted molar refractivity (Wildman–Crippen MR) is 114 cm³/mol. The number of amides is 2. The van der Waals surface area contributed by atoms with Gasteiger partial charge in [-0.1, -0.05) is 19.3 Å². The van der Waals surface area contributed by atoms with Crippen molar-refractivity contribution in [2.24, 2.45) is 5.92 Å². The fourth-order valence-corrected chi connectivity index (χ4v) is 4.45. The fourth-order valence-electron chi connectivity index (χ4n) is 4.45. The van der Waals surface area contributed by atoms with Crippen molar-refractivity contribution in [1.82, 2.24) is 10.2 Å². The Kier molecular flexibility index (Phi) is 7.35. The van der Waals surface area contributed by atoms with E-state index in [-0.39, 0.29) is 18.4 Å². The maximum absolute atomic E-state index is 12.8. The minimum absolute atomic E-state index is 0.0345. The van der Waals surface area contributed by atoms with Gasteiger partial charge in [0.2, 0.25) is 5.91 Å². The van der Waals surface area contributed by atoms with Gasteiger partial charge in [-0.25, -0.2) is 0 Å². The summed E-state index contributed by atoms with van der Waals surface area (Å²) in [5, 5.41) is 6.28. The summed E-state index contributed by atoms with van der Waals surface area (Å²) >= 11 is 0. The quantitative estimate of drug-likeness (QED) is 0.774. The number of nitrogens with one attached hydrogen (secondary N) is 2. The molecule has 1 atom stereocenters. The summed E-state index contributed by atoms with van der Waals surface area (Å²) in [5.74, 6) is 0.793. The lowest BCUT2D eigenvalue weighted by Gasteiger charge is -2.33. The number of carbonyl (C=O) groups excluding carboxylic acids is 2. The molecule has 1 heterocycles. The number of anilines is 1. The van der Waals surface area contributed by atoms with E-state index < -0.39 is 0 Å². The number of piperidine rings is 1. The van der Waals surface area contributed by atoms with Gasteiger partial charge < -0.3 is 15.5 Å². The van der Waals surface area contributed by atoms with Gasteiger partial charge in [-0.3, -0.25) is 9.59 Å². The molecule has 3 rings (SSSR count). The Labute approximate surface area is 169 Å². The molecule has 0 radical (unpaired) electrons. The Bertz CT molecular complexity index is 682. The Balaban J connectivity index is 1.49. The largest absolute Gasteiger partial charge is 0.376 e. The van der Waals surface area contributed by atoms with E-state index in [0.29, 0.717) is 12.0 Å². The van der Waals surface area contributed by atoms with Crippen LogP contribution in [0.3, 0.4) is 0 Å². The summed E-state index contributed by atoms with van der Waals surface area (Å²) in [5.41, 5.74) is 2.64. The van der Waals surface area contributed by atoms with Gasteiger partial charge in [0, 0.05) is 30.4 Å². The third-order valence-electron chi connectivity index (χ3n) is 6.29. The van der Waals surface area contributed by atoms with Crippen LogP contribution in [-0.4, -0.2) is 42.4 Å². The molecular weight excluding hydrogens is 350 g/mol. The van der Waals surface area contributed by atoms with Gasteiger partial charge in [-0.05, 0) is 75.6 Å². The van der Waals surface area contributed by atoms with Crippen LogP contribution >= 0.6 is 0 Å². The molecule has 1 unspecified atom stereocenters. The van der Waals surface area contributed by atoms with Gasteiger partial charge >= 0.3 is 0 Å². The second kappa shape index (κ2) is 9.94. The summed E-state index contributed by atoms with van der Waals surface area (Å²) in [4.78, 5) is 27.0. The molecule has 2 fully saturated rings. The Hall–Kier alpha value is -2.04. The van der Waals surface area contributed by atoms with E-state index in [1.54, 1.807) is 0 Å². The molecule has 1 aliphatic heterocycles. The van der Waals surface area contributed by atoms with Crippen LogP contribution in [0.5, 0.6) is 0 Å². The standard InChI is InChI=1S/C23H35N3O2/c1-17-14-20(23(28)26-13-7-6-8-18(26)2)11-12-21(17)24-16-22(27)25-15-19-9-4-3-5-10-19/h11-12,14,18-19,24H,3-10,13,15-16H2,1-2H3,(H,25,27). The number of nitrogens with zero attached hydrogens (tertiary/aromatic N) is 1. The maximum atomic E-state index is 12.8. The van der Waals surface area contributed by atoms with Crippen molar-refractivity contribution in [3.8, 4) is 0 Å². The monoisotopic (exact) mass is 385 g/mol. The number of aryl methyl sites for hydroxylation is 1. The molecule has 28 heavy (non-hydrogen) atoms. The van der Waals surface area contributed by atoms with Crippen molar-refractivity contribution < 1.29 is 9.59 Å². The highest BCUT2D eigenvalue weighted by molar-refractivity contribution is 5.95. The molecule has 1 aromatic carbocycles. The number of hydrogen-bond acceptors (Lipinski definition) is 3. The third-order valence-corrected chi connectivity index (χ3v) is 6.29. The first kappa shape index (κ1) is 20.7. The lowest BCUT2D eigenvalue weighted by atomic mass is 9.89. The molecule has 0 spiro atoms. The van der Waals surface area contributed by atoms with Crippen LogP contribution in [0, 0.1) is 12.8 Å². The van der Waals surface area contributed by atoms with Crippen LogP contribution in [0.2, 0.25) is 0 Å². The summed E-state index contributed by atoms with van der Waals surface area (Å²) < 4.78 is 0. The number of hydrogen-bond donors (Lipinski definition) is 2.